The summed E-state index contributed by atoms with van der Waals surface area (Å²) in [6, 6.07) is 0. The molecule has 0 N–H and O–H groups in total. The molecule has 0 atom stereocenters. The fourth-order valence-electron chi connectivity index (χ4n) is 0. The normalized spacial score (nSPS) is 7.20. The minimum absolute atomic E-state index is 0. The molecule has 10 heavy (non-hydrogen) atoms. The van der Waals surface area contributed by atoms with Gasteiger partial charge in [-0.2, -0.15) is 39.3 Å². The van der Waals surface area contributed by atoms with Gasteiger partial charge in [0, 0.05) is 0 Å². The molecule has 0 amide bonds. The molecule has 0 unspecified atom stereocenters. The van der Waals surface area contributed by atoms with Crippen LogP contribution in [-0.2, 0) is 0 Å². The minimum Gasteiger partial charge on any atom is -0.271 e. The van der Waals surface area contributed by atoms with Gasteiger partial charge in [-0.15, -0.1) is 12.4 Å². The summed E-state index contributed by atoms with van der Waals surface area (Å²) in [5, 5.41) is 0. The first-order valence-electron chi connectivity index (χ1n) is 3.00. The molecule has 4 heteroatoms. The van der Waals surface area contributed by atoms with Gasteiger partial charge in [-0.3, -0.25) is 17.6 Å². The molecular formula is C6H19ClMgSi2. The first kappa shape index (κ1) is 22.5. The van der Waals surface area contributed by atoms with Crippen LogP contribution in [0.25, 0.3) is 0 Å². The van der Waals surface area contributed by atoms with Crippen molar-refractivity contribution in [3.63, 3.8) is 0 Å². The van der Waals surface area contributed by atoms with Crippen LogP contribution in [0.1, 0.15) is 0 Å². The fourth-order valence-corrected chi connectivity index (χ4v) is 0. The molecule has 0 nitrogen and oxygen atoms in total. The predicted octanol–water partition coefficient (Wildman–Crippen LogP) is 2.78. The summed E-state index contributed by atoms with van der Waals surface area (Å²) in [5.74, 6) is 0. The molecule has 0 saturated heterocycles. The Labute approximate surface area is 91.9 Å². The molecule has 0 heterocycles. The van der Waals surface area contributed by atoms with Crippen molar-refractivity contribution in [1.82, 2.24) is 0 Å². The average molecular weight is 207 g/mol. The third kappa shape index (κ3) is 308. The molecule has 0 bridgehead atoms. The summed E-state index contributed by atoms with van der Waals surface area (Å²) >= 11 is 0. The zero-order chi connectivity index (χ0) is 7.15. The summed E-state index contributed by atoms with van der Waals surface area (Å²) < 4.78 is 0. The zero-order valence-corrected chi connectivity index (χ0v) is 12.3. The van der Waals surface area contributed by atoms with Crippen LogP contribution in [0.3, 0.4) is 0 Å². The van der Waals surface area contributed by atoms with Crippen molar-refractivity contribution in [3.8, 4) is 0 Å². The van der Waals surface area contributed by atoms with Crippen molar-refractivity contribution < 1.29 is 0 Å². The second kappa shape index (κ2) is 16.8. The Morgan fingerprint density at radius 1 is 0.600 bits per heavy atom. The first-order valence-corrected chi connectivity index (χ1v) is 9.00. The summed E-state index contributed by atoms with van der Waals surface area (Å²) in [5.41, 5.74) is 0. The molecule has 60 valence electrons. The van der Waals surface area contributed by atoms with Crippen LogP contribution in [0.4, 0.5) is 0 Å². The van der Waals surface area contributed by atoms with E-state index in [2.05, 4.69) is 39.3 Å². The molecule has 0 saturated carbocycles. The van der Waals surface area contributed by atoms with Crippen LogP contribution in [-0.4, -0.2) is 40.6 Å². The van der Waals surface area contributed by atoms with Crippen LogP contribution in [0.5, 0.6) is 0 Å². The van der Waals surface area contributed by atoms with Gasteiger partial charge in [0.25, 0.3) is 0 Å². The Bertz CT molecular complexity index is 31.2. The predicted molar refractivity (Wildman–Crippen MR) is 59.7 cm³/mol. The van der Waals surface area contributed by atoms with Gasteiger partial charge in [-0.1, -0.05) is 0 Å². The molecule has 0 spiro atoms. The van der Waals surface area contributed by atoms with Crippen molar-refractivity contribution in [2.45, 2.75) is 39.3 Å². The van der Waals surface area contributed by atoms with Crippen molar-refractivity contribution in [3.05, 3.63) is 0 Å². The van der Waals surface area contributed by atoms with Crippen LogP contribution >= 0.6 is 12.4 Å². The van der Waals surface area contributed by atoms with Gasteiger partial charge in [0.15, 0.2) is 0 Å². The number of rotatable bonds is 0. The second-order valence-electron chi connectivity index (χ2n) is 3.00. The van der Waals surface area contributed by atoms with E-state index in [1.807, 2.05) is 0 Å². The van der Waals surface area contributed by atoms with Crippen LogP contribution < -0.4 is 0 Å². The molecule has 0 rings (SSSR count). The van der Waals surface area contributed by atoms with Gasteiger partial charge in [0.2, 0.25) is 0 Å². The minimum atomic E-state index is 0. The van der Waals surface area contributed by atoms with Crippen LogP contribution in [0, 0.1) is 0 Å². The van der Waals surface area contributed by atoms with Gasteiger partial charge in [0.05, 0.1) is 0 Å². The molecule has 0 fully saturated rings. The standard InChI is InChI=1S/2C3H9Si.ClH.Mg/c2*1-4(2)3;;/h2*1-3H3;1H;/q2*-1;;+2. The number of halogens is 1. The van der Waals surface area contributed by atoms with Crippen molar-refractivity contribution in [2.75, 3.05) is 0 Å². The first-order chi connectivity index (χ1) is 3.46. The zero-order valence-electron chi connectivity index (χ0n) is 8.12. The summed E-state index contributed by atoms with van der Waals surface area (Å²) in [4.78, 5) is 0. The van der Waals surface area contributed by atoms with Crippen LogP contribution in [0.15, 0.2) is 0 Å². The van der Waals surface area contributed by atoms with Gasteiger partial charge in [0.1, 0.15) is 0 Å². The van der Waals surface area contributed by atoms with Crippen LogP contribution in [0.2, 0.25) is 39.3 Å². The SMILES string of the molecule is C[Si-](C)C.C[Si-](C)C.Cl.[Mg+2]. The summed E-state index contributed by atoms with van der Waals surface area (Å²) in [6.45, 7) is 13.6. The van der Waals surface area contributed by atoms with E-state index in [9.17, 15) is 0 Å². The second-order valence-corrected chi connectivity index (χ2v) is 9.00. The van der Waals surface area contributed by atoms with E-state index in [1.165, 1.54) is 0 Å². The maximum Gasteiger partial charge on any atom is 2.00 e. The maximum atomic E-state index is 2.27. The smallest absolute Gasteiger partial charge is 0.271 e. The average Bonchev–Trinajstić information content (AvgIpc) is 1.25. The fraction of sp³-hybridized carbons (Fsp3) is 1.00. The molecule has 0 radical (unpaired) electrons. The maximum absolute atomic E-state index is 2.27. The third-order valence-corrected chi connectivity index (χ3v) is 0. The van der Waals surface area contributed by atoms with Crippen molar-refractivity contribution in [1.29, 1.82) is 0 Å². The molecule has 0 aliphatic carbocycles. The van der Waals surface area contributed by atoms with Gasteiger partial charge < -0.3 is 0 Å². The Hall–Kier alpha value is 1.49. The summed E-state index contributed by atoms with van der Waals surface area (Å²) in [6.07, 6.45) is 0. The monoisotopic (exact) mass is 206 g/mol. The molecule has 0 aliphatic rings. The largest absolute Gasteiger partial charge is 2.00 e. The quantitative estimate of drug-likeness (QED) is 0.536. The van der Waals surface area contributed by atoms with E-state index in [1.54, 1.807) is 0 Å². The van der Waals surface area contributed by atoms with E-state index in [-0.39, 0.29) is 53.1 Å². The van der Waals surface area contributed by atoms with Crippen molar-refractivity contribution in [2.24, 2.45) is 0 Å². The molecular weight excluding hydrogens is 188 g/mol. The van der Waals surface area contributed by atoms with Gasteiger partial charge >= 0.3 is 23.1 Å². The van der Waals surface area contributed by atoms with Gasteiger partial charge in [-0.05, 0) is 0 Å². The molecule has 0 aromatic carbocycles. The Morgan fingerprint density at radius 2 is 0.600 bits per heavy atom. The molecule has 0 aromatic heterocycles. The number of hydrogen-bond donors (Lipinski definition) is 0. The number of hydrogen-bond acceptors (Lipinski definition) is 0. The van der Waals surface area contributed by atoms with E-state index >= 15 is 0 Å². The van der Waals surface area contributed by atoms with E-state index in [0.29, 0.717) is 0 Å². The Balaban J connectivity index is -0.0000000300. The van der Waals surface area contributed by atoms with Crippen molar-refractivity contribution >= 4 is 53.1 Å². The van der Waals surface area contributed by atoms with E-state index < -0.39 is 0 Å². The van der Waals surface area contributed by atoms with E-state index in [0.717, 1.165) is 0 Å². The molecule has 0 aromatic rings. The Morgan fingerprint density at radius 3 is 0.600 bits per heavy atom. The van der Waals surface area contributed by atoms with E-state index in [4.69, 9.17) is 0 Å². The third-order valence-electron chi connectivity index (χ3n) is 0. The Kier molecular flexibility index (Phi) is 38.0. The topological polar surface area (TPSA) is 0 Å². The molecule has 0 aliphatic heterocycles. The summed E-state index contributed by atoms with van der Waals surface area (Å²) in [7, 11) is 0.241. The van der Waals surface area contributed by atoms with Gasteiger partial charge in [-0.25, -0.2) is 0 Å².